The van der Waals surface area contributed by atoms with Crippen LogP contribution in [0.25, 0.3) is 0 Å². The van der Waals surface area contributed by atoms with Crippen molar-refractivity contribution in [1.29, 1.82) is 0 Å². The summed E-state index contributed by atoms with van der Waals surface area (Å²) < 4.78 is 34.3. The van der Waals surface area contributed by atoms with Crippen molar-refractivity contribution in [2.75, 3.05) is 19.7 Å². The smallest absolute Gasteiger partial charge is 0.262 e. The molecule has 2 aromatic heterocycles. The molecule has 1 fully saturated rings. The average molecular weight is 325 g/mol. The maximum atomic E-state index is 12.7. The Hall–Kier alpha value is -1.71. The third-order valence-electron chi connectivity index (χ3n) is 3.88. The molecular weight excluding hydrogens is 306 g/mol. The standard InChI is InChI=1S/C13H19N5O3S/c1-10-6-15-16-12(10)13(2)8-18(4-5-21-13)22(19,20)11-7-17(3)9-14-11/h6-7,9H,4-5,8H2,1-3H3,(H,15,16). The number of nitrogens with one attached hydrogen (secondary N) is 1. The van der Waals surface area contributed by atoms with Gasteiger partial charge in [0.05, 0.1) is 24.8 Å². The van der Waals surface area contributed by atoms with Crippen LogP contribution in [0, 0.1) is 6.92 Å². The van der Waals surface area contributed by atoms with Gasteiger partial charge in [0, 0.05) is 26.3 Å². The molecule has 1 saturated heterocycles. The number of morpholine rings is 1. The number of nitrogens with zero attached hydrogens (tertiary/aromatic N) is 4. The Labute approximate surface area is 129 Å². The normalized spacial score (nSPS) is 23.8. The summed E-state index contributed by atoms with van der Waals surface area (Å²) in [5.41, 5.74) is 0.994. The van der Waals surface area contributed by atoms with Crippen molar-refractivity contribution in [2.45, 2.75) is 24.5 Å². The zero-order valence-corrected chi connectivity index (χ0v) is 13.6. The molecular formula is C13H19N5O3S. The molecule has 0 saturated carbocycles. The molecule has 0 bridgehead atoms. The van der Waals surface area contributed by atoms with Gasteiger partial charge in [-0.15, -0.1) is 0 Å². The van der Waals surface area contributed by atoms with Crippen LogP contribution in [0.3, 0.4) is 0 Å². The first kappa shape index (κ1) is 15.2. The van der Waals surface area contributed by atoms with E-state index in [1.165, 1.54) is 16.8 Å². The molecule has 0 aliphatic carbocycles. The van der Waals surface area contributed by atoms with Gasteiger partial charge in [0.1, 0.15) is 5.60 Å². The molecule has 0 spiro atoms. The highest BCUT2D eigenvalue weighted by molar-refractivity contribution is 7.89. The van der Waals surface area contributed by atoms with E-state index in [-0.39, 0.29) is 11.6 Å². The second-order valence-electron chi connectivity index (χ2n) is 5.72. The summed E-state index contributed by atoms with van der Waals surface area (Å²) in [6.07, 6.45) is 4.69. The van der Waals surface area contributed by atoms with E-state index in [4.69, 9.17) is 4.74 Å². The van der Waals surface area contributed by atoms with Crippen molar-refractivity contribution >= 4 is 10.0 Å². The molecule has 2 aromatic rings. The average Bonchev–Trinajstić information content (AvgIpc) is 3.08. The Morgan fingerprint density at radius 1 is 1.45 bits per heavy atom. The van der Waals surface area contributed by atoms with E-state index >= 15 is 0 Å². The predicted octanol–water partition coefficient (Wildman–Crippen LogP) is 0.388. The summed E-state index contributed by atoms with van der Waals surface area (Å²) in [6.45, 7) is 4.63. The van der Waals surface area contributed by atoms with Crippen molar-refractivity contribution in [2.24, 2.45) is 7.05 Å². The Kier molecular flexibility index (Phi) is 3.58. The van der Waals surface area contributed by atoms with Crippen molar-refractivity contribution in [3.8, 4) is 0 Å². The second kappa shape index (κ2) is 5.18. The first-order valence-electron chi connectivity index (χ1n) is 6.95. The first-order valence-corrected chi connectivity index (χ1v) is 8.39. The van der Waals surface area contributed by atoms with Gasteiger partial charge in [0.15, 0.2) is 5.03 Å². The van der Waals surface area contributed by atoms with E-state index in [1.54, 1.807) is 17.8 Å². The van der Waals surface area contributed by atoms with Gasteiger partial charge in [-0.2, -0.15) is 9.40 Å². The molecule has 1 aliphatic rings. The molecule has 1 aliphatic heterocycles. The number of sulfonamides is 1. The monoisotopic (exact) mass is 325 g/mol. The van der Waals surface area contributed by atoms with Crippen molar-refractivity contribution in [1.82, 2.24) is 24.1 Å². The van der Waals surface area contributed by atoms with E-state index in [0.717, 1.165) is 11.3 Å². The number of ether oxygens (including phenoxy) is 1. The Morgan fingerprint density at radius 3 is 2.82 bits per heavy atom. The molecule has 120 valence electrons. The highest BCUT2D eigenvalue weighted by Gasteiger charge is 2.41. The summed E-state index contributed by atoms with van der Waals surface area (Å²) in [5, 5.41) is 6.97. The van der Waals surface area contributed by atoms with Crippen molar-refractivity contribution < 1.29 is 13.2 Å². The molecule has 1 atom stereocenters. The Bertz CT molecular complexity index is 781. The Balaban J connectivity index is 1.92. The first-order chi connectivity index (χ1) is 10.3. The van der Waals surface area contributed by atoms with Gasteiger partial charge in [-0.1, -0.05) is 0 Å². The van der Waals surface area contributed by atoms with Crippen LogP contribution >= 0.6 is 0 Å². The summed E-state index contributed by atoms with van der Waals surface area (Å²) >= 11 is 0. The van der Waals surface area contributed by atoms with Gasteiger partial charge in [-0.25, -0.2) is 13.4 Å². The number of aromatic amines is 1. The van der Waals surface area contributed by atoms with Gasteiger partial charge in [0.2, 0.25) is 0 Å². The summed E-state index contributed by atoms with van der Waals surface area (Å²) in [5.74, 6) is 0. The minimum atomic E-state index is -3.63. The zero-order chi connectivity index (χ0) is 16.0. The molecule has 0 radical (unpaired) electrons. The van der Waals surface area contributed by atoms with Gasteiger partial charge in [-0.3, -0.25) is 5.10 Å². The minimum absolute atomic E-state index is 0.0561. The number of H-pyrrole nitrogens is 1. The van der Waals surface area contributed by atoms with Crippen LogP contribution in [0.15, 0.2) is 23.7 Å². The van der Waals surface area contributed by atoms with Crippen LogP contribution in [0.4, 0.5) is 0 Å². The number of aryl methyl sites for hydroxylation is 2. The SMILES string of the molecule is Cc1cn[nH]c1C1(C)CN(S(=O)(=O)c2cn(C)cn2)CCO1. The van der Waals surface area contributed by atoms with E-state index in [1.807, 2.05) is 13.8 Å². The summed E-state index contributed by atoms with van der Waals surface area (Å²) in [7, 11) is -1.89. The highest BCUT2D eigenvalue weighted by Crippen LogP contribution is 2.32. The fourth-order valence-electron chi connectivity index (χ4n) is 2.73. The van der Waals surface area contributed by atoms with Gasteiger partial charge < -0.3 is 9.30 Å². The van der Waals surface area contributed by atoms with Crippen LogP contribution in [-0.4, -0.2) is 52.2 Å². The molecule has 1 unspecified atom stereocenters. The lowest BCUT2D eigenvalue weighted by atomic mass is 9.98. The van der Waals surface area contributed by atoms with Crippen LogP contribution in [0.5, 0.6) is 0 Å². The zero-order valence-electron chi connectivity index (χ0n) is 12.8. The molecule has 22 heavy (non-hydrogen) atoms. The molecule has 3 rings (SSSR count). The second-order valence-corrected chi connectivity index (χ2v) is 7.61. The summed E-state index contributed by atoms with van der Waals surface area (Å²) in [6, 6.07) is 0. The van der Waals surface area contributed by atoms with Gasteiger partial charge in [0.25, 0.3) is 10.0 Å². The molecule has 0 amide bonds. The number of hydrogen-bond acceptors (Lipinski definition) is 5. The minimum Gasteiger partial charge on any atom is -0.366 e. The fourth-order valence-corrected chi connectivity index (χ4v) is 4.20. The number of aromatic nitrogens is 4. The van der Waals surface area contributed by atoms with Crippen LogP contribution in [0.2, 0.25) is 0 Å². The lowest BCUT2D eigenvalue weighted by Gasteiger charge is -2.39. The highest BCUT2D eigenvalue weighted by atomic mass is 32.2. The third-order valence-corrected chi connectivity index (χ3v) is 5.61. The maximum absolute atomic E-state index is 12.7. The van der Waals surface area contributed by atoms with E-state index < -0.39 is 15.6 Å². The van der Waals surface area contributed by atoms with Gasteiger partial charge in [-0.05, 0) is 19.4 Å². The predicted molar refractivity (Wildman–Crippen MR) is 78.6 cm³/mol. The number of imidazole rings is 1. The Morgan fingerprint density at radius 2 is 2.23 bits per heavy atom. The fraction of sp³-hybridized carbons (Fsp3) is 0.538. The molecule has 8 nitrogen and oxygen atoms in total. The van der Waals surface area contributed by atoms with Gasteiger partial charge >= 0.3 is 0 Å². The lowest BCUT2D eigenvalue weighted by Crippen LogP contribution is -2.50. The third kappa shape index (κ3) is 2.44. The van der Waals surface area contributed by atoms with Crippen LogP contribution < -0.4 is 0 Å². The maximum Gasteiger partial charge on any atom is 0.262 e. The van der Waals surface area contributed by atoms with Crippen LogP contribution in [-0.2, 0) is 27.4 Å². The van der Waals surface area contributed by atoms with Crippen molar-refractivity contribution in [3.05, 3.63) is 30.0 Å². The molecule has 1 N–H and O–H groups in total. The number of rotatable bonds is 3. The van der Waals surface area contributed by atoms with E-state index in [0.29, 0.717) is 13.2 Å². The molecule has 9 heteroatoms. The topological polar surface area (TPSA) is 93.1 Å². The van der Waals surface area contributed by atoms with Crippen LogP contribution in [0.1, 0.15) is 18.2 Å². The largest absolute Gasteiger partial charge is 0.366 e. The van der Waals surface area contributed by atoms with E-state index in [9.17, 15) is 8.42 Å². The summed E-state index contributed by atoms with van der Waals surface area (Å²) in [4.78, 5) is 3.96. The van der Waals surface area contributed by atoms with Crippen molar-refractivity contribution in [3.63, 3.8) is 0 Å². The molecule has 0 aromatic carbocycles. The molecule has 3 heterocycles. The quantitative estimate of drug-likeness (QED) is 0.881. The van der Waals surface area contributed by atoms with E-state index in [2.05, 4.69) is 15.2 Å². The number of hydrogen-bond donors (Lipinski definition) is 1. The lowest BCUT2D eigenvalue weighted by molar-refractivity contribution is -0.0850.